The standard InChI is InChI=1S/C8H14N2O/c1-6(9)8-4-3-7(11-2)5-10-8/h3,5-6,8H,4,9H2,1-2H3. The Labute approximate surface area is 66.9 Å². The molecule has 0 amide bonds. The summed E-state index contributed by atoms with van der Waals surface area (Å²) in [6, 6.07) is 0.356. The third-order valence-corrected chi connectivity index (χ3v) is 1.80. The summed E-state index contributed by atoms with van der Waals surface area (Å²) >= 11 is 0. The van der Waals surface area contributed by atoms with Crippen LogP contribution in [0.3, 0.4) is 0 Å². The van der Waals surface area contributed by atoms with Gasteiger partial charge in [0.25, 0.3) is 0 Å². The molecule has 0 aromatic carbocycles. The summed E-state index contributed by atoms with van der Waals surface area (Å²) in [6.07, 6.45) is 4.63. The van der Waals surface area contributed by atoms with Gasteiger partial charge in [0.15, 0.2) is 0 Å². The Kier molecular flexibility index (Phi) is 2.65. The van der Waals surface area contributed by atoms with Crippen LogP contribution in [-0.2, 0) is 4.74 Å². The highest BCUT2D eigenvalue weighted by Gasteiger charge is 2.13. The third-order valence-electron chi connectivity index (χ3n) is 1.80. The number of nitrogens with zero attached hydrogens (tertiary/aromatic N) is 1. The van der Waals surface area contributed by atoms with Crippen molar-refractivity contribution < 1.29 is 4.74 Å². The van der Waals surface area contributed by atoms with Crippen molar-refractivity contribution in [3.05, 3.63) is 11.8 Å². The van der Waals surface area contributed by atoms with Crippen molar-refractivity contribution in [1.82, 2.24) is 0 Å². The van der Waals surface area contributed by atoms with Crippen LogP contribution in [0.25, 0.3) is 0 Å². The Morgan fingerprint density at radius 2 is 2.55 bits per heavy atom. The number of nitrogens with two attached hydrogens (primary N) is 1. The van der Waals surface area contributed by atoms with Crippen LogP contribution in [0.4, 0.5) is 0 Å². The molecular weight excluding hydrogens is 140 g/mol. The van der Waals surface area contributed by atoms with Crippen molar-refractivity contribution in [2.45, 2.75) is 25.4 Å². The number of rotatable bonds is 2. The number of hydrogen-bond donors (Lipinski definition) is 1. The molecule has 1 aliphatic heterocycles. The van der Waals surface area contributed by atoms with Gasteiger partial charge in [-0.15, -0.1) is 0 Å². The van der Waals surface area contributed by atoms with E-state index >= 15 is 0 Å². The summed E-state index contributed by atoms with van der Waals surface area (Å²) in [5.74, 6) is 0.835. The number of hydrogen-bond acceptors (Lipinski definition) is 3. The van der Waals surface area contributed by atoms with Gasteiger partial charge in [-0.05, 0) is 19.4 Å². The molecule has 0 spiro atoms. The molecule has 0 fully saturated rings. The zero-order chi connectivity index (χ0) is 8.27. The van der Waals surface area contributed by atoms with Crippen molar-refractivity contribution in [1.29, 1.82) is 0 Å². The number of aliphatic imine (C=N–C) groups is 1. The molecule has 0 radical (unpaired) electrons. The van der Waals surface area contributed by atoms with E-state index in [4.69, 9.17) is 10.5 Å². The summed E-state index contributed by atoms with van der Waals surface area (Å²) in [5, 5.41) is 0. The fourth-order valence-electron chi connectivity index (χ4n) is 1.01. The van der Waals surface area contributed by atoms with Crippen LogP contribution in [0, 0.1) is 0 Å². The molecule has 1 rings (SSSR count). The number of allylic oxidation sites excluding steroid dienone is 1. The second-order valence-electron chi connectivity index (χ2n) is 2.75. The average Bonchev–Trinajstić information content (AvgIpc) is 2.05. The van der Waals surface area contributed by atoms with Crippen LogP contribution in [0.2, 0.25) is 0 Å². The monoisotopic (exact) mass is 154 g/mol. The van der Waals surface area contributed by atoms with E-state index in [2.05, 4.69) is 4.99 Å². The topological polar surface area (TPSA) is 47.6 Å². The second-order valence-corrected chi connectivity index (χ2v) is 2.75. The first kappa shape index (κ1) is 8.27. The molecular formula is C8H14N2O. The SMILES string of the molecule is COC1=CCC(C(C)N)N=C1. The lowest BCUT2D eigenvalue weighted by molar-refractivity contribution is 0.311. The molecule has 3 heteroatoms. The van der Waals surface area contributed by atoms with Gasteiger partial charge in [-0.1, -0.05) is 0 Å². The van der Waals surface area contributed by atoms with Crippen molar-refractivity contribution in [2.24, 2.45) is 10.7 Å². The fraction of sp³-hybridized carbons (Fsp3) is 0.625. The maximum Gasteiger partial charge on any atom is 0.132 e. The lowest BCUT2D eigenvalue weighted by atomic mass is 10.1. The summed E-state index contributed by atoms with van der Waals surface area (Å²) in [7, 11) is 1.64. The van der Waals surface area contributed by atoms with Gasteiger partial charge >= 0.3 is 0 Å². The van der Waals surface area contributed by atoms with Gasteiger partial charge in [-0.25, -0.2) is 0 Å². The quantitative estimate of drug-likeness (QED) is 0.636. The van der Waals surface area contributed by atoms with Crippen molar-refractivity contribution >= 4 is 6.21 Å². The van der Waals surface area contributed by atoms with Gasteiger partial charge in [-0.3, -0.25) is 4.99 Å². The van der Waals surface area contributed by atoms with Crippen molar-refractivity contribution in [3.63, 3.8) is 0 Å². The minimum atomic E-state index is 0.126. The smallest absolute Gasteiger partial charge is 0.132 e. The first-order valence-corrected chi connectivity index (χ1v) is 3.77. The highest BCUT2D eigenvalue weighted by Crippen LogP contribution is 2.10. The minimum absolute atomic E-state index is 0.126. The van der Waals surface area contributed by atoms with Crippen LogP contribution >= 0.6 is 0 Å². The first-order valence-electron chi connectivity index (χ1n) is 3.77. The van der Waals surface area contributed by atoms with Gasteiger partial charge in [-0.2, -0.15) is 0 Å². The normalized spacial score (nSPS) is 26.1. The molecule has 62 valence electrons. The summed E-state index contributed by atoms with van der Waals surface area (Å²) in [6.45, 7) is 1.97. The van der Waals surface area contributed by atoms with Crippen LogP contribution in [0.5, 0.6) is 0 Å². The highest BCUT2D eigenvalue weighted by atomic mass is 16.5. The number of ether oxygens (including phenoxy) is 1. The molecule has 0 bridgehead atoms. The Balaban J connectivity index is 2.50. The second kappa shape index (κ2) is 3.53. The zero-order valence-electron chi connectivity index (χ0n) is 6.95. The van der Waals surface area contributed by atoms with Gasteiger partial charge in [0.1, 0.15) is 5.76 Å². The average molecular weight is 154 g/mol. The largest absolute Gasteiger partial charge is 0.496 e. The molecule has 0 aromatic rings. The van der Waals surface area contributed by atoms with Gasteiger partial charge in [0, 0.05) is 6.04 Å². The van der Waals surface area contributed by atoms with E-state index in [9.17, 15) is 0 Å². The summed E-state index contributed by atoms with van der Waals surface area (Å²) < 4.78 is 4.99. The zero-order valence-corrected chi connectivity index (χ0v) is 6.95. The van der Waals surface area contributed by atoms with E-state index in [0.29, 0.717) is 0 Å². The Bertz CT molecular complexity index is 185. The highest BCUT2D eigenvalue weighted by molar-refractivity contribution is 5.76. The lowest BCUT2D eigenvalue weighted by Gasteiger charge is -2.17. The van der Waals surface area contributed by atoms with Gasteiger partial charge < -0.3 is 10.5 Å². The van der Waals surface area contributed by atoms with Crippen molar-refractivity contribution in [2.75, 3.05) is 7.11 Å². The number of methoxy groups -OCH3 is 1. The van der Waals surface area contributed by atoms with E-state index in [1.165, 1.54) is 0 Å². The van der Waals surface area contributed by atoms with Crippen LogP contribution < -0.4 is 5.73 Å². The molecule has 2 N–H and O–H groups in total. The van der Waals surface area contributed by atoms with Crippen LogP contribution in [-0.4, -0.2) is 25.4 Å². The molecule has 1 aliphatic rings. The predicted molar refractivity (Wildman–Crippen MR) is 45.6 cm³/mol. The molecule has 0 aromatic heterocycles. The molecule has 2 unspecified atom stereocenters. The molecule has 0 saturated heterocycles. The maximum atomic E-state index is 5.67. The van der Waals surface area contributed by atoms with Gasteiger partial charge in [0.05, 0.1) is 19.4 Å². The predicted octanol–water partition coefficient (Wildman–Crippen LogP) is 0.707. The number of dihydropyridines is 1. The lowest BCUT2D eigenvalue weighted by Crippen LogP contribution is -2.31. The first-order chi connectivity index (χ1) is 5.24. The Morgan fingerprint density at radius 1 is 1.82 bits per heavy atom. The van der Waals surface area contributed by atoms with Crippen molar-refractivity contribution in [3.8, 4) is 0 Å². The molecule has 1 heterocycles. The van der Waals surface area contributed by atoms with E-state index in [0.717, 1.165) is 12.2 Å². The Morgan fingerprint density at radius 3 is 2.91 bits per heavy atom. The van der Waals surface area contributed by atoms with E-state index in [1.54, 1.807) is 13.3 Å². The van der Waals surface area contributed by atoms with E-state index < -0.39 is 0 Å². The van der Waals surface area contributed by atoms with Crippen LogP contribution in [0.1, 0.15) is 13.3 Å². The minimum Gasteiger partial charge on any atom is -0.496 e. The van der Waals surface area contributed by atoms with Gasteiger partial charge in [0.2, 0.25) is 0 Å². The molecule has 3 nitrogen and oxygen atoms in total. The fourth-order valence-corrected chi connectivity index (χ4v) is 1.01. The molecule has 11 heavy (non-hydrogen) atoms. The maximum absolute atomic E-state index is 5.67. The van der Waals surface area contributed by atoms with E-state index in [1.807, 2.05) is 13.0 Å². The molecule has 2 atom stereocenters. The molecule has 0 aliphatic carbocycles. The third kappa shape index (κ3) is 2.05. The summed E-state index contributed by atoms with van der Waals surface area (Å²) in [5.41, 5.74) is 5.67. The molecule has 0 saturated carbocycles. The van der Waals surface area contributed by atoms with Crippen LogP contribution in [0.15, 0.2) is 16.8 Å². The van der Waals surface area contributed by atoms with E-state index in [-0.39, 0.29) is 12.1 Å². The Hall–Kier alpha value is -0.830. The summed E-state index contributed by atoms with van der Waals surface area (Å²) in [4.78, 5) is 4.24.